The number of hydrogen-bond donors (Lipinski definition) is 2. The summed E-state index contributed by atoms with van der Waals surface area (Å²) in [6.07, 6.45) is 3.51. The molecule has 0 bridgehead atoms. The summed E-state index contributed by atoms with van der Waals surface area (Å²) < 4.78 is 5.25. The molecule has 0 aliphatic heterocycles. The highest BCUT2D eigenvalue weighted by Gasteiger charge is 2.29. The van der Waals surface area contributed by atoms with E-state index in [0.29, 0.717) is 15.6 Å². The number of anilines is 1. The molecule has 1 fully saturated rings. The topological polar surface area (TPSA) is 71.3 Å². The van der Waals surface area contributed by atoms with Crippen molar-refractivity contribution in [3.8, 4) is 0 Å². The molecule has 1 unspecified atom stereocenters. The van der Waals surface area contributed by atoms with E-state index in [1.165, 1.54) is 11.3 Å². The maximum Gasteiger partial charge on any atom is 0.262 e. The van der Waals surface area contributed by atoms with Crippen LogP contribution in [0.25, 0.3) is 0 Å². The molecule has 1 aliphatic rings. The van der Waals surface area contributed by atoms with Gasteiger partial charge < -0.3 is 15.1 Å². The summed E-state index contributed by atoms with van der Waals surface area (Å²) in [4.78, 5) is 24.4. The van der Waals surface area contributed by atoms with E-state index in [4.69, 9.17) is 4.42 Å². The van der Waals surface area contributed by atoms with Crippen LogP contribution < -0.4 is 10.6 Å². The van der Waals surface area contributed by atoms with Gasteiger partial charge in [-0.1, -0.05) is 0 Å². The van der Waals surface area contributed by atoms with E-state index in [0.717, 1.165) is 12.8 Å². The number of carbonyl (C=O) groups excluding carboxylic acids is 2. The Morgan fingerprint density at radius 2 is 2.14 bits per heavy atom. The van der Waals surface area contributed by atoms with Gasteiger partial charge in [0.25, 0.3) is 5.91 Å². The average Bonchev–Trinajstić information content (AvgIpc) is 2.99. The minimum Gasteiger partial charge on any atom is -0.467 e. The maximum absolute atomic E-state index is 12.1. The summed E-state index contributed by atoms with van der Waals surface area (Å²) in [5.41, 5.74) is 0. The molecule has 0 saturated heterocycles. The lowest BCUT2D eigenvalue weighted by Crippen LogP contribution is -2.25. The highest BCUT2D eigenvalue weighted by atomic mass is 32.1. The Morgan fingerprint density at radius 1 is 1.33 bits per heavy atom. The molecule has 0 radical (unpaired) electrons. The largest absolute Gasteiger partial charge is 0.467 e. The summed E-state index contributed by atoms with van der Waals surface area (Å²) in [6.45, 7) is 1.86. The molecule has 1 aliphatic carbocycles. The fourth-order valence-corrected chi connectivity index (χ4v) is 2.78. The second-order valence-corrected chi connectivity index (χ2v) is 6.22. The minimum atomic E-state index is -0.195. The summed E-state index contributed by atoms with van der Waals surface area (Å²) in [6, 6.07) is 6.89. The molecule has 0 aromatic carbocycles. The smallest absolute Gasteiger partial charge is 0.262 e. The number of rotatable bonds is 5. The van der Waals surface area contributed by atoms with Gasteiger partial charge in [-0.25, -0.2) is 0 Å². The molecule has 5 nitrogen and oxygen atoms in total. The van der Waals surface area contributed by atoms with Gasteiger partial charge in [-0.15, -0.1) is 11.3 Å². The van der Waals surface area contributed by atoms with Crippen molar-refractivity contribution in [2.45, 2.75) is 25.8 Å². The number of carbonyl (C=O) groups is 2. The van der Waals surface area contributed by atoms with E-state index in [9.17, 15) is 9.59 Å². The Bertz CT molecular complexity index is 644. The quantitative estimate of drug-likeness (QED) is 0.891. The van der Waals surface area contributed by atoms with Crippen molar-refractivity contribution in [1.82, 2.24) is 5.32 Å². The zero-order chi connectivity index (χ0) is 14.8. The van der Waals surface area contributed by atoms with Crippen LogP contribution >= 0.6 is 11.3 Å². The number of hydrogen-bond acceptors (Lipinski definition) is 4. The zero-order valence-corrected chi connectivity index (χ0v) is 12.4. The molecular formula is C15H16N2O3S. The fourth-order valence-electron chi connectivity index (χ4n) is 1.97. The molecule has 0 spiro atoms. The molecule has 3 rings (SSSR count). The number of amides is 2. The van der Waals surface area contributed by atoms with Crippen molar-refractivity contribution >= 4 is 28.2 Å². The molecule has 2 heterocycles. The molecule has 2 aromatic rings. The summed E-state index contributed by atoms with van der Waals surface area (Å²) >= 11 is 1.28. The van der Waals surface area contributed by atoms with Crippen molar-refractivity contribution in [2.75, 3.05) is 5.32 Å². The van der Waals surface area contributed by atoms with Gasteiger partial charge in [0.15, 0.2) is 0 Å². The molecule has 2 amide bonds. The predicted molar refractivity (Wildman–Crippen MR) is 80.3 cm³/mol. The van der Waals surface area contributed by atoms with Crippen LogP contribution in [0.2, 0.25) is 0 Å². The first kappa shape index (κ1) is 13.9. The van der Waals surface area contributed by atoms with Crippen LogP contribution in [0.1, 0.15) is 41.2 Å². The van der Waals surface area contributed by atoms with Crippen LogP contribution in [-0.2, 0) is 4.79 Å². The van der Waals surface area contributed by atoms with E-state index < -0.39 is 0 Å². The Hall–Kier alpha value is -2.08. The third-order valence-corrected chi connectivity index (χ3v) is 4.34. The summed E-state index contributed by atoms with van der Waals surface area (Å²) in [5, 5.41) is 6.42. The maximum atomic E-state index is 12.1. The summed E-state index contributed by atoms with van der Waals surface area (Å²) in [5.74, 6) is 0.745. The Labute approximate surface area is 126 Å². The second kappa shape index (κ2) is 5.73. The molecule has 21 heavy (non-hydrogen) atoms. The Balaban J connectivity index is 1.59. The minimum absolute atomic E-state index is 0.0489. The van der Waals surface area contributed by atoms with Crippen molar-refractivity contribution in [1.29, 1.82) is 0 Å². The zero-order valence-electron chi connectivity index (χ0n) is 11.6. The Kier molecular flexibility index (Phi) is 3.79. The van der Waals surface area contributed by atoms with Crippen LogP contribution in [0.15, 0.2) is 34.9 Å². The normalized spacial score (nSPS) is 15.5. The number of nitrogens with one attached hydrogen (secondary N) is 2. The monoisotopic (exact) mass is 304 g/mol. The first-order chi connectivity index (χ1) is 10.1. The lowest BCUT2D eigenvalue weighted by molar-refractivity contribution is -0.117. The van der Waals surface area contributed by atoms with Crippen LogP contribution in [0.5, 0.6) is 0 Å². The highest BCUT2D eigenvalue weighted by molar-refractivity contribution is 7.18. The predicted octanol–water partition coefficient (Wildman–Crippen LogP) is 3.18. The van der Waals surface area contributed by atoms with Gasteiger partial charge in [0.2, 0.25) is 5.91 Å². The number of furan rings is 1. The highest BCUT2D eigenvalue weighted by Crippen LogP contribution is 2.31. The van der Waals surface area contributed by atoms with Gasteiger partial charge in [-0.05, 0) is 44.0 Å². The van der Waals surface area contributed by atoms with E-state index in [2.05, 4.69) is 10.6 Å². The van der Waals surface area contributed by atoms with E-state index in [1.807, 2.05) is 13.0 Å². The van der Waals surface area contributed by atoms with Crippen LogP contribution in [0.3, 0.4) is 0 Å². The summed E-state index contributed by atoms with van der Waals surface area (Å²) in [7, 11) is 0. The molecule has 1 saturated carbocycles. The van der Waals surface area contributed by atoms with Gasteiger partial charge in [0.05, 0.1) is 22.2 Å². The van der Waals surface area contributed by atoms with Crippen molar-refractivity contribution < 1.29 is 14.0 Å². The molecule has 1 atom stereocenters. The van der Waals surface area contributed by atoms with Crippen LogP contribution in [-0.4, -0.2) is 11.8 Å². The molecular weight excluding hydrogens is 288 g/mol. The molecule has 2 aromatic heterocycles. The third-order valence-electron chi connectivity index (χ3n) is 3.34. The molecule has 6 heteroatoms. The third kappa shape index (κ3) is 3.33. The van der Waals surface area contributed by atoms with Crippen molar-refractivity contribution in [3.63, 3.8) is 0 Å². The van der Waals surface area contributed by atoms with Gasteiger partial charge in [0.1, 0.15) is 5.76 Å². The van der Waals surface area contributed by atoms with Crippen molar-refractivity contribution in [3.05, 3.63) is 41.2 Å². The molecule has 2 N–H and O–H groups in total. The lowest BCUT2D eigenvalue weighted by atomic mass is 10.2. The molecule has 110 valence electrons. The first-order valence-electron chi connectivity index (χ1n) is 6.88. The van der Waals surface area contributed by atoms with Gasteiger partial charge in [-0.3, -0.25) is 9.59 Å². The van der Waals surface area contributed by atoms with E-state index in [-0.39, 0.29) is 23.8 Å². The SMILES string of the molecule is CC(NC(=O)c1ccc(NC(=O)C2CC2)s1)c1ccco1. The van der Waals surface area contributed by atoms with Crippen LogP contribution in [0, 0.1) is 5.92 Å². The number of thiophene rings is 1. The van der Waals surface area contributed by atoms with Gasteiger partial charge in [-0.2, -0.15) is 0 Å². The van der Waals surface area contributed by atoms with Gasteiger partial charge in [0, 0.05) is 5.92 Å². The lowest BCUT2D eigenvalue weighted by Gasteiger charge is -2.10. The van der Waals surface area contributed by atoms with Crippen LogP contribution in [0.4, 0.5) is 5.00 Å². The fraction of sp³-hybridized carbons (Fsp3) is 0.333. The van der Waals surface area contributed by atoms with E-state index >= 15 is 0 Å². The van der Waals surface area contributed by atoms with E-state index in [1.54, 1.807) is 24.5 Å². The second-order valence-electron chi connectivity index (χ2n) is 5.14. The van der Waals surface area contributed by atoms with Gasteiger partial charge >= 0.3 is 0 Å². The Morgan fingerprint density at radius 3 is 2.81 bits per heavy atom. The standard InChI is InChI=1S/C15H16N2O3S/c1-9(11-3-2-8-20-11)16-15(19)12-6-7-13(21-12)17-14(18)10-4-5-10/h2-3,6-10H,4-5H2,1H3,(H,16,19)(H,17,18). The first-order valence-corrected chi connectivity index (χ1v) is 7.70. The average molecular weight is 304 g/mol. The van der Waals surface area contributed by atoms with Crippen molar-refractivity contribution in [2.24, 2.45) is 5.92 Å².